The van der Waals surface area contributed by atoms with Crippen LogP contribution in [0.1, 0.15) is 5.56 Å². The number of nitrogens with one attached hydrogen (secondary N) is 1. The van der Waals surface area contributed by atoms with E-state index >= 15 is 0 Å². The smallest absolute Gasteiger partial charge is 0.335 e. The van der Waals surface area contributed by atoms with E-state index in [1.807, 2.05) is 0 Å². The standard InChI is InChI=1S/C20H11Br2FN2O4/c1-2-6-29-17-15(21)8-11(9-16(17)22)7-14-18(26)24-20(28)25(19(14)27)13-5-3-4-12(23)10-13/h1,3-5,7-10H,6H2,(H,24,26,28). The van der Waals surface area contributed by atoms with Gasteiger partial charge >= 0.3 is 6.03 Å². The molecule has 0 aromatic heterocycles. The number of carbonyl (C=O) groups is 3. The zero-order chi connectivity index (χ0) is 21.1. The summed E-state index contributed by atoms with van der Waals surface area (Å²) in [6, 6.07) is 7.22. The molecule has 1 aliphatic rings. The second-order valence-electron chi connectivity index (χ2n) is 5.74. The van der Waals surface area contributed by atoms with E-state index in [0.29, 0.717) is 25.2 Å². The maximum atomic E-state index is 13.5. The van der Waals surface area contributed by atoms with Gasteiger partial charge in [0.05, 0.1) is 14.6 Å². The maximum absolute atomic E-state index is 13.5. The minimum atomic E-state index is -0.955. The van der Waals surface area contributed by atoms with Crippen LogP contribution < -0.4 is 15.0 Å². The molecule has 0 spiro atoms. The molecule has 0 saturated carbocycles. The van der Waals surface area contributed by atoms with Gasteiger partial charge in [-0.15, -0.1) is 6.42 Å². The highest BCUT2D eigenvalue weighted by atomic mass is 79.9. The number of halogens is 3. The molecule has 0 atom stereocenters. The number of ether oxygens (including phenoxy) is 1. The summed E-state index contributed by atoms with van der Waals surface area (Å²) in [4.78, 5) is 37.9. The van der Waals surface area contributed by atoms with E-state index in [0.717, 1.165) is 6.07 Å². The van der Waals surface area contributed by atoms with Crippen molar-refractivity contribution >= 4 is 61.5 Å². The Balaban J connectivity index is 2.00. The van der Waals surface area contributed by atoms with Gasteiger partial charge in [-0.25, -0.2) is 14.1 Å². The molecule has 1 saturated heterocycles. The summed E-state index contributed by atoms with van der Waals surface area (Å²) in [6.07, 6.45) is 6.51. The van der Waals surface area contributed by atoms with Crippen LogP contribution in [0.25, 0.3) is 6.08 Å². The van der Waals surface area contributed by atoms with E-state index in [-0.39, 0.29) is 17.9 Å². The van der Waals surface area contributed by atoms with Crippen molar-refractivity contribution in [2.75, 3.05) is 11.5 Å². The van der Waals surface area contributed by atoms with Crippen molar-refractivity contribution in [2.24, 2.45) is 0 Å². The fraction of sp³-hybridized carbons (Fsp3) is 0.0500. The van der Waals surface area contributed by atoms with Crippen LogP contribution in [0.2, 0.25) is 0 Å². The lowest BCUT2D eigenvalue weighted by Crippen LogP contribution is -2.54. The molecule has 2 aromatic carbocycles. The first-order valence-electron chi connectivity index (χ1n) is 8.04. The number of imide groups is 2. The molecule has 9 heteroatoms. The van der Waals surface area contributed by atoms with Crippen LogP contribution in [0.4, 0.5) is 14.9 Å². The SMILES string of the molecule is C#CCOc1c(Br)cc(C=C2C(=O)NC(=O)N(c3cccc(F)c3)C2=O)cc1Br. The van der Waals surface area contributed by atoms with Crippen LogP contribution in [0.15, 0.2) is 50.9 Å². The highest BCUT2D eigenvalue weighted by molar-refractivity contribution is 9.11. The number of hydrogen-bond donors (Lipinski definition) is 1. The summed E-state index contributed by atoms with van der Waals surface area (Å²) in [5.41, 5.74) is 0.195. The quantitative estimate of drug-likeness (QED) is 0.374. The number of anilines is 1. The van der Waals surface area contributed by atoms with Crippen molar-refractivity contribution in [1.29, 1.82) is 0 Å². The van der Waals surface area contributed by atoms with Gasteiger partial charge in [-0.3, -0.25) is 14.9 Å². The van der Waals surface area contributed by atoms with Gasteiger partial charge < -0.3 is 4.74 Å². The summed E-state index contributed by atoms with van der Waals surface area (Å²) in [5.74, 6) is 0.464. The molecule has 1 fully saturated rings. The Hall–Kier alpha value is -2.96. The van der Waals surface area contributed by atoms with E-state index in [1.54, 1.807) is 12.1 Å². The number of nitrogens with zero attached hydrogens (tertiary/aromatic N) is 1. The van der Waals surface area contributed by atoms with Gasteiger partial charge in [-0.2, -0.15) is 0 Å². The fourth-order valence-corrected chi connectivity index (χ4v) is 4.04. The van der Waals surface area contributed by atoms with Gasteiger partial charge in [0.25, 0.3) is 11.8 Å². The number of hydrogen-bond acceptors (Lipinski definition) is 4. The van der Waals surface area contributed by atoms with Crippen molar-refractivity contribution in [3.8, 4) is 18.1 Å². The van der Waals surface area contributed by atoms with Crippen LogP contribution >= 0.6 is 31.9 Å². The summed E-state index contributed by atoms with van der Waals surface area (Å²) in [7, 11) is 0. The number of carbonyl (C=O) groups excluding carboxylic acids is 3. The molecule has 29 heavy (non-hydrogen) atoms. The molecular weight excluding hydrogens is 511 g/mol. The second-order valence-corrected chi connectivity index (χ2v) is 7.45. The van der Waals surface area contributed by atoms with Crippen LogP contribution in [0, 0.1) is 18.2 Å². The van der Waals surface area contributed by atoms with Gasteiger partial charge in [0.15, 0.2) is 0 Å². The summed E-state index contributed by atoms with van der Waals surface area (Å²) in [6.45, 7) is 0.0588. The average Bonchev–Trinajstić information content (AvgIpc) is 2.64. The molecule has 1 aliphatic heterocycles. The molecule has 0 aliphatic carbocycles. The minimum Gasteiger partial charge on any atom is -0.479 e. The third-order valence-electron chi connectivity index (χ3n) is 3.80. The Morgan fingerprint density at radius 2 is 1.86 bits per heavy atom. The number of urea groups is 1. The molecule has 0 unspecified atom stereocenters. The summed E-state index contributed by atoms with van der Waals surface area (Å²) in [5, 5.41) is 2.08. The Kier molecular flexibility index (Phi) is 6.15. The number of benzene rings is 2. The summed E-state index contributed by atoms with van der Waals surface area (Å²) >= 11 is 6.69. The maximum Gasteiger partial charge on any atom is 0.335 e. The van der Waals surface area contributed by atoms with Gasteiger partial charge in [0.2, 0.25) is 0 Å². The molecule has 2 aromatic rings. The topological polar surface area (TPSA) is 75.7 Å². The minimum absolute atomic E-state index is 0.00583. The Morgan fingerprint density at radius 3 is 2.48 bits per heavy atom. The normalized spacial score (nSPS) is 15.3. The monoisotopic (exact) mass is 520 g/mol. The lowest BCUT2D eigenvalue weighted by Gasteiger charge is -2.26. The number of rotatable bonds is 4. The molecule has 0 radical (unpaired) electrons. The second kappa shape index (κ2) is 8.59. The first kappa shape index (κ1) is 20.8. The van der Waals surface area contributed by atoms with Gasteiger partial charge in [0, 0.05) is 0 Å². The van der Waals surface area contributed by atoms with E-state index < -0.39 is 23.7 Å². The Morgan fingerprint density at radius 1 is 1.17 bits per heavy atom. The predicted octanol–water partition coefficient (Wildman–Crippen LogP) is 4.03. The van der Waals surface area contributed by atoms with Gasteiger partial charge in [-0.1, -0.05) is 12.0 Å². The molecule has 4 amide bonds. The lowest BCUT2D eigenvalue weighted by molar-refractivity contribution is -0.122. The predicted molar refractivity (Wildman–Crippen MR) is 112 cm³/mol. The lowest BCUT2D eigenvalue weighted by atomic mass is 10.1. The highest BCUT2D eigenvalue weighted by Gasteiger charge is 2.37. The van der Waals surface area contributed by atoms with Crippen molar-refractivity contribution in [3.05, 3.63) is 62.3 Å². The molecule has 0 bridgehead atoms. The highest BCUT2D eigenvalue weighted by Crippen LogP contribution is 2.35. The Bertz CT molecular complexity index is 1080. The third kappa shape index (κ3) is 4.39. The summed E-state index contributed by atoms with van der Waals surface area (Å²) < 4.78 is 20.0. The molecule has 146 valence electrons. The molecule has 1 heterocycles. The van der Waals surface area contributed by atoms with Crippen molar-refractivity contribution in [1.82, 2.24) is 5.32 Å². The van der Waals surface area contributed by atoms with Crippen LogP contribution in [-0.2, 0) is 9.59 Å². The van der Waals surface area contributed by atoms with Gasteiger partial charge in [0.1, 0.15) is 23.7 Å². The number of terminal acetylenes is 1. The van der Waals surface area contributed by atoms with Gasteiger partial charge in [-0.05, 0) is 73.8 Å². The van der Waals surface area contributed by atoms with Crippen LogP contribution in [0.3, 0.4) is 0 Å². The Labute approximate surface area is 182 Å². The van der Waals surface area contributed by atoms with Crippen LogP contribution in [-0.4, -0.2) is 24.5 Å². The first-order chi connectivity index (χ1) is 13.8. The van der Waals surface area contributed by atoms with Crippen LogP contribution in [0.5, 0.6) is 5.75 Å². The molecule has 1 N–H and O–H groups in total. The van der Waals surface area contributed by atoms with Crippen molar-refractivity contribution in [2.45, 2.75) is 0 Å². The zero-order valence-corrected chi connectivity index (χ0v) is 17.7. The third-order valence-corrected chi connectivity index (χ3v) is 4.98. The fourth-order valence-electron chi connectivity index (χ4n) is 2.59. The average molecular weight is 522 g/mol. The van der Waals surface area contributed by atoms with E-state index in [4.69, 9.17) is 11.2 Å². The largest absolute Gasteiger partial charge is 0.479 e. The van der Waals surface area contributed by atoms with E-state index in [2.05, 4.69) is 43.1 Å². The molecule has 6 nitrogen and oxygen atoms in total. The first-order valence-corrected chi connectivity index (χ1v) is 9.62. The number of barbiturate groups is 1. The number of amides is 4. The van der Waals surface area contributed by atoms with E-state index in [1.165, 1.54) is 24.3 Å². The van der Waals surface area contributed by atoms with E-state index in [9.17, 15) is 18.8 Å². The van der Waals surface area contributed by atoms with Crippen molar-refractivity contribution in [3.63, 3.8) is 0 Å². The zero-order valence-electron chi connectivity index (χ0n) is 14.5. The molecular formula is C20H11Br2FN2O4. The molecule has 3 rings (SSSR count). The van der Waals surface area contributed by atoms with Crippen molar-refractivity contribution < 1.29 is 23.5 Å².